The summed E-state index contributed by atoms with van der Waals surface area (Å²) in [6.45, 7) is 0.400. The van der Waals surface area contributed by atoms with Gasteiger partial charge in [-0.1, -0.05) is 11.6 Å². The zero-order valence-corrected chi connectivity index (χ0v) is 10.1. The molecule has 1 amide bonds. The average molecular weight is 248 g/mol. The molecule has 0 radical (unpaired) electrons. The van der Waals surface area contributed by atoms with Crippen molar-refractivity contribution < 1.29 is 9.90 Å². The molecule has 1 heterocycles. The lowest BCUT2D eigenvalue weighted by Gasteiger charge is -2.14. The number of carbonyl (C=O) groups excluding carboxylic acids is 1. The molecule has 0 unspecified atom stereocenters. The molecule has 1 rings (SSSR count). The summed E-state index contributed by atoms with van der Waals surface area (Å²) in [5, 5.41) is 8.66. The Morgan fingerprint density at radius 2 is 2.33 bits per heavy atom. The van der Waals surface area contributed by atoms with E-state index in [4.69, 9.17) is 16.7 Å². The van der Waals surface area contributed by atoms with E-state index in [0.717, 1.165) is 9.21 Å². The van der Waals surface area contributed by atoms with Crippen LogP contribution in [0.25, 0.3) is 0 Å². The van der Waals surface area contributed by atoms with E-state index in [2.05, 4.69) is 0 Å². The van der Waals surface area contributed by atoms with Crippen LogP contribution in [0.1, 0.15) is 11.3 Å². The van der Waals surface area contributed by atoms with Gasteiger partial charge in [-0.3, -0.25) is 4.79 Å². The lowest BCUT2D eigenvalue weighted by molar-refractivity contribution is -0.130. The van der Waals surface area contributed by atoms with Crippen LogP contribution in [0.2, 0.25) is 4.34 Å². The van der Waals surface area contributed by atoms with Crippen LogP contribution in [-0.2, 0) is 11.2 Å². The summed E-state index contributed by atoms with van der Waals surface area (Å²) < 4.78 is 0.751. The third-order valence-electron chi connectivity index (χ3n) is 2.08. The topological polar surface area (TPSA) is 40.5 Å². The zero-order chi connectivity index (χ0) is 11.3. The van der Waals surface area contributed by atoms with E-state index in [0.29, 0.717) is 19.4 Å². The molecule has 1 aromatic heterocycles. The van der Waals surface area contributed by atoms with E-state index in [1.54, 1.807) is 7.05 Å². The molecule has 0 aromatic carbocycles. The zero-order valence-electron chi connectivity index (χ0n) is 8.57. The first kappa shape index (κ1) is 12.5. The number of amides is 1. The minimum Gasteiger partial charge on any atom is -0.395 e. The largest absolute Gasteiger partial charge is 0.395 e. The van der Waals surface area contributed by atoms with Crippen LogP contribution in [0.3, 0.4) is 0 Å². The van der Waals surface area contributed by atoms with Gasteiger partial charge in [0, 0.05) is 24.9 Å². The van der Waals surface area contributed by atoms with Crippen LogP contribution in [-0.4, -0.2) is 36.1 Å². The SMILES string of the molecule is CN(CCO)C(=O)CCc1ccc(Cl)s1. The second-order valence-corrected chi connectivity index (χ2v) is 5.04. The summed E-state index contributed by atoms with van der Waals surface area (Å²) in [5.74, 6) is 0.0496. The Balaban J connectivity index is 2.34. The van der Waals surface area contributed by atoms with Crippen molar-refractivity contribution >= 4 is 28.8 Å². The van der Waals surface area contributed by atoms with Crippen molar-refractivity contribution in [2.45, 2.75) is 12.8 Å². The number of aliphatic hydroxyl groups is 1. The van der Waals surface area contributed by atoms with Gasteiger partial charge in [-0.05, 0) is 18.6 Å². The first-order valence-corrected chi connectivity index (χ1v) is 5.92. The Kier molecular flexibility index (Phi) is 5.08. The van der Waals surface area contributed by atoms with Crippen molar-refractivity contribution in [3.63, 3.8) is 0 Å². The highest BCUT2D eigenvalue weighted by molar-refractivity contribution is 7.16. The monoisotopic (exact) mass is 247 g/mol. The maximum Gasteiger partial charge on any atom is 0.222 e. The first-order valence-electron chi connectivity index (χ1n) is 4.72. The number of rotatable bonds is 5. The van der Waals surface area contributed by atoms with Gasteiger partial charge < -0.3 is 10.0 Å². The number of hydrogen-bond donors (Lipinski definition) is 1. The average Bonchev–Trinajstić information content (AvgIpc) is 2.61. The maximum absolute atomic E-state index is 11.5. The molecule has 0 spiro atoms. The van der Waals surface area contributed by atoms with Crippen molar-refractivity contribution in [3.05, 3.63) is 21.3 Å². The predicted octanol–water partition coefficient (Wildman–Crippen LogP) is 1.78. The van der Waals surface area contributed by atoms with Crippen LogP contribution in [0.15, 0.2) is 12.1 Å². The van der Waals surface area contributed by atoms with Gasteiger partial charge in [0.15, 0.2) is 0 Å². The highest BCUT2D eigenvalue weighted by Crippen LogP contribution is 2.22. The second-order valence-electron chi connectivity index (χ2n) is 3.24. The molecule has 0 saturated heterocycles. The summed E-state index contributed by atoms with van der Waals surface area (Å²) in [7, 11) is 1.69. The smallest absolute Gasteiger partial charge is 0.222 e. The fourth-order valence-electron chi connectivity index (χ4n) is 1.18. The molecule has 84 valence electrons. The molecule has 0 aliphatic rings. The number of hydrogen-bond acceptors (Lipinski definition) is 3. The maximum atomic E-state index is 11.5. The Morgan fingerprint density at radius 1 is 1.60 bits per heavy atom. The van der Waals surface area contributed by atoms with Gasteiger partial charge in [-0.15, -0.1) is 11.3 Å². The van der Waals surface area contributed by atoms with Crippen molar-refractivity contribution in [1.29, 1.82) is 0 Å². The Hall–Kier alpha value is -0.580. The molecule has 1 N–H and O–H groups in total. The number of aliphatic hydroxyl groups excluding tert-OH is 1. The quantitative estimate of drug-likeness (QED) is 0.862. The number of aryl methyl sites for hydroxylation is 1. The Labute approximate surface area is 98.3 Å². The van der Waals surface area contributed by atoms with Gasteiger partial charge >= 0.3 is 0 Å². The Bertz CT molecular complexity index is 327. The summed E-state index contributed by atoms with van der Waals surface area (Å²) >= 11 is 7.28. The van der Waals surface area contributed by atoms with Gasteiger partial charge in [0.25, 0.3) is 0 Å². The van der Waals surface area contributed by atoms with E-state index < -0.39 is 0 Å². The van der Waals surface area contributed by atoms with Gasteiger partial charge in [-0.25, -0.2) is 0 Å². The van der Waals surface area contributed by atoms with E-state index in [1.165, 1.54) is 16.2 Å². The molecule has 15 heavy (non-hydrogen) atoms. The van der Waals surface area contributed by atoms with Crippen molar-refractivity contribution in [1.82, 2.24) is 4.90 Å². The standard InChI is InChI=1S/C10H14ClNO2S/c1-12(6-7-13)10(14)5-3-8-2-4-9(11)15-8/h2,4,13H,3,5-7H2,1H3. The molecule has 0 atom stereocenters. The molecule has 0 aliphatic carbocycles. The third-order valence-corrected chi connectivity index (χ3v) is 3.37. The number of halogens is 1. The van der Waals surface area contributed by atoms with Crippen LogP contribution < -0.4 is 0 Å². The summed E-state index contributed by atoms with van der Waals surface area (Å²) in [4.78, 5) is 14.2. The fraction of sp³-hybridized carbons (Fsp3) is 0.500. The molecule has 0 saturated carbocycles. The molecule has 5 heteroatoms. The van der Waals surface area contributed by atoms with E-state index in [1.807, 2.05) is 12.1 Å². The van der Waals surface area contributed by atoms with Crippen molar-refractivity contribution in [2.75, 3.05) is 20.2 Å². The van der Waals surface area contributed by atoms with E-state index >= 15 is 0 Å². The number of carbonyl (C=O) groups is 1. The number of thiophene rings is 1. The summed E-state index contributed by atoms with van der Waals surface area (Å²) in [6.07, 6.45) is 1.18. The van der Waals surface area contributed by atoms with Crippen LogP contribution in [0.4, 0.5) is 0 Å². The number of likely N-dealkylation sites (N-methyl/N-ethyl adjacent to an activating group) is 1. The molecular formula is C10H14ClNO2S. The molecule has 3 nitrogen and oxygen atoms in total. The first-order chi connectivity index (χ1) is 7.13. The van der Waals surface area contributed by atoms with E-state index in [9.17, 15) is 4.79 Å². The highest BCUT2D eigenvalue weighted by Gasteiger charge is 2.08. The van der Waals surface area contributed by atoms with E-state index in [-0.39, 0.29) is 12.5 Å². The fourth-order valence-corrected chi connectivity index (χ4v) is 2.27. The lowest BCUT2D eigenvalue weighted by Crippen LogP contribution is -2.29. The van der Waals surface area contributed by atoms with Crippen LogP contribution in [0, 0.1) is 0 Å². The second kappa shape index (κ2) is 6.10. The summed E-state index contributed by atoms with van der Waals surface area (Å²) in [6, 6.07) is 3.77. The lowest BCUT2D eigenvalue weighted by atomic mass is 10.2. The molecule has 1 aromatic rings. The van der Waals surface area contributed by atoms with Crippen molar-refractivity contribution in [2.24, 2.45) is 0 Å². The molecule has 0 fully saturated rings. The van der Waals surface area contributed by atoms with Gasteiger partial charge in [0.2, 0.25) is 5.91 Å². The van der Waals surface area contributed by atoms with Crippen molar-refractivity contribution in [3.8, 4) is 0 Å². The molecular weight excluding hydrogens is 234 g/mol. The highest BCUT2D eigenvalue weighted by atomic mass is 35.5. The number of nitrogens with zero attached hydrogens (tertiary/aromatic N) is 1. The molecule has 0 aliphatic heterocycles. The third kappa shape index (κ3) is 4.20. The van der Waals surface area contributed by atoms with Crippen LogP contribution in [0.5, 0.6) is 0 Å². The van der Waals surface area contributed by atoms with Gasteiger partial charge in [0.05, 0.1) is 10.9 Å². The molecule has 0 bridgehead atoms. The van der Waals surface area contributed by atoms with Crippen LogP contribution >= 0.6 is 22.9 Å². The van der Waals surface area contributed by atoms with Gasteiger partial charge in [0.1, 0.15) is 0 Å². The minimum absolute atomic E-state index is 0.00701. The Morgan fingerprint density at radius 3 is 2.87 bits per heavy atom. The summed E-state index contributed by atoms with van der Waals surface area (Å²) in [5.41, 5.74) is 0. The predicted molar refractivity (Wildman–Crippen MR) is 62.4 cm³/mol. The van der Waals surface area contributed by atoms with Gasteiger partial charge in [-0.2, -0.15) is 0 Å². The normalized spacial score (nSPS) is 10.3. The minimum atomic E-state index is 0.00701.